The van der Waals surface area contributed by atoms with Gasteiger partial charge in [0.2, 0.25) is 11.8 Å². The molecule has 1 fully saturated rings. The van der Waals surface area contributed by atoms with Gasteiger partial charge in [0.1, 0.15) is 11.4 Å². The van der Waals surface area contributed by atoms with Gasteiger partial charge in [-0.15, -0.1) is 11.3 Å². The summed E-state index contributed by atoms with van der Waals surface area (Å²) in [4.78, 5) is 39.5. The number of aryl methyl sites for hydroxylation is 1. The Hall–Kier alpha value is -2.30. The van der Waals surface area contributed by atoms with Crippen LogP contribution in [-0.2, 0) is 16.1 Å². The summed E-state index contributed by atoms with van der Waals surface area (Å²) in [6.07, 6.45) is 0.830. The molecule has 164 valence electrons. The zero-order valence-electron chi connectivity index (χ0n) is 18.0. The molecule has 1 N–H and O–H groups in total. The van der Waals surface area contributed by atoms with E-state index in [1.54, 1.807) is 14.2 Å². The van der Waals surface area contributed by atoms with Gasteiger partial charge in [0.05, 0.1) is 23.9 Å². The number of methoxy groups -OCH3 is 2. The predicted molar refractivity (Wildman–Crippen MR) is 115 cm³/mol. The van der Waals surface area contributed by atoms with E-state index >= 15 is 0 Å². The van der Waals surface area contributed by atoms with Crippen LogP contribution in [0.25, 0.3) is 10.2 Å². The zero-order valence-corrected chi connectivity index (χ0v) is 18.8. The molecule has 0 aromatic carbocycles. The Morgan fingerprint density at radius 1 is 1.17 bits per heavy atom. The number of nitrogens with zero attached hydrogens (tertiary/aromatic N) is 4. The molecule has 0 radical (unpaired) electrons. The van der Waals surface area contributed by atoms with Crippen molar-refractivity contribution >= 4 is 33.4 Å². The van der Waals surface area contributed by atoms with Crippen LogP contribution in [0.1, 0.15) is 34.4 Å². The molecule has 1 aliphatic heterocycles. The Morgan fingerprint density at radius 2 is 1.97 bits per heavy atom. The van der Waals surface area contributed by atoms with Crippen LogP contribution < -0.4 is 10.1 Å². The van der Waals surface area contributed by atoms with E-state index in [-0.39, 0.29) is 18.4 Å². The average Bonchev–Trinajstić information content (AvgIpc) is 2.89. The second-order valence-corrected chi connectivity index (χ2v) is 8.19. The number of carbonyl (C=O) groups excluding carboxylic acids is 2. The number of likely N-dealkylation sites (N-methyl/N-ethyl adjacent to an activating group) is 1. The van der Waals surface area contributed by atoms with Crippen LogP contribution in [0, 0.1) is 6.92 Å². The summed E-state index contributed by atoms with van der Waals surface area (Å²) < 4.78 is 10.6. The SMILES string of the molecule is CCNC(=O)CN1CCCN(C(=O)c2sc3nc(COC)nc(OC)c3c2C)CC1. The third-order valence-corrected chi connectivity index (χ3v) is 6.25. The first-order valence-electron chi connectivity index (χ1n) is 10.1. The van der Waals surface area contributed by atoms with Gasteiger partial charge in [-0.1, -0.05) is 0 Å². The smallest absolute Gasteiger partial charge is 0.264 e. The van der Waals surface area contributed by atoms with Gasteiger partial charge < -0.3 is 19.7 Å². The van der Waals surface area contributed by atoms with Gasteiger partial charge in [-0.25, -0.2) is 4.98 Å². The van der Waals surface area contributed by atoms with Crippen LogP contribution in [0.5, 0.6) is 5.88 Å². The van der Waals surface area contributed by atoms with Crippen molar-refractivity contribution in [3.63, 3.8) is 0 Å². The van der Waals surface area contributed by atoms with Crippen molar-refractivity contribution in [1.29, 1.82) is 0 Å². The monoisotopic (exact) mass is 435 g/mol. The Balaban J connectivity index is 1.79. The molecule has 30 heavy (non-hydrogen) atoms. The van der Waals surface area contributed by atoms with Crippen LogP contribution in [-0.4, -0.2) is 85.1 Å². The molecule has 2 aromatic heterocycles. The van der Waals surface area contributed by atoms with Crippen molar-refractivity contribution < 1.29 is 19.1 Å². The van der Waals surface area contributed by atoms with Gasteiger partial charge in [0.25, 0.3) is 5.91 Å². The number of nitrogens with one attached hydrogen (secondary N) is 1. The molecule has 0 bridgehead atoms. The topological polar surface area (TPSA) is 96.9 Å². The van der Waals surface area contributed by atoms with Crippen molar-refractivity contribution in [1.82, 2.24) is 25.1 Å². The molecule has 0 atom stereocenters. The van der Waals surface area contributed by atoms with Crippen LogP contribution in [0.3, 0.4) is 0 Å². The molecule has 2 amide bonds. The quantitative estimate of drug-likeness (QED) is 0.703. The van der Waals surface area contributed by atoms with Gasteiger partial charge in [-0.2, -0.15) is 4.98 Å². The van der Waals surface area contributed by atoms with Crippen molar-refractivity contribution in [2.75, 3.05) is 53.5 Å². The Kier molecular flexibility index (Phi) is 7.57. The molecular weight excluding hydrogens is 406 g/mol. The molecule has 3 rings (SSSR count). The van der Waals surface area contributed by atoms with Crippen LogP contribution in [0.15, 0.2) is 0 Å². The van der Waals surface area contributed by atoms with Crippen molar-refractivity contribution in [2.24, 2.45) is 0 Å². The van der Waals surface area contributed by atoms with Crippen molar-refractivity contribution in [3.05, 3.63) is 16.3 Å². The van der Waals surface area contributed by atoms with Crippen LogP contribution in [0.4, 0.5) is 0 Å². The maximum atomic E-state index is 13.3. The maximum Gasteiger partial charge on any atom is 0.264 e. The summed E-state index contributed by atoms with van der Waals surface area (Å²) in [5.74, 6) is 1.00. The summed E-state index contributed by atoms with van der Waals surface area (Å²) in [6.45, 7) is 7.81. The van der Waals surface area contributed by atoms with E-state index in [4.69, 9.17) is 9.47 Å². The van der Waals surface area contributed by atoms with E-state index in [1.165, 1.54) is 11.3 Å². The summed E-state index contributed by atoms with van der Waals surface area (Å²) in [5.41, 5.74) is 0.837. The number of hydrogen-bond donors (Lipinski definition) is 1. The maximum absolute atomic E-state index is 13.3. The number of fused-ring (bicyclic) bond motifs is 1. The third-order valence-electron chi connectivity index (χ3n) is 5.08. The Labute approximate surface area is 180 Å². The molecule has 1 saturated heterocycles. The van der Waals surface area contributed by atoms with Crippen molar-refractivity contribution in [3.8, 4) is 5.88 Å². The molecule has 0 unspecified atom stereocenters. The van der Waals surface area contributed by atoms with Crippen molar-refractivity contribution in [2.45, 2.75) is 26.9 Å². The fraction of sp³-hybridized carbons (Fsp3) is 0.600. The summed E-state index contributed by atoms with van der Waals surface area (Å²) in [6, 6.07) is 0. The lowest BCUT2D eigenvalue weighted by molar-refractivity contribution is -0.122. The largest absolute Gasteiger partial charge is 0.480 e. The third kappa shape index (κ3) is 4.88. The highest BCUT2D eigenvalue weighted by molar-refractivity contribution is 7.20. The minimum absolute atomic E-state index is 0.00861. The second kappa shape index (κ2) is 10.1. The number of thiophene rings is 1. The van der Waals surface area contributed by atoms with Crippen LogP contribution in [0.2, 0.25) is 0 Å². The molecule has 1 aliphatic rings. The minimum Gasteiger partial charge on any atom is -0.480 e. The van der Waals surface area contributed by atoms with Crippen LogP contribution >= 0.6 is 11.3 Å². The highest BCUT2D eigenvalue weighted by Crippen LogP contribution is 2.35. The van der Waals surface area contributed by atoms with E-state index in [0.717, 1.165) is 28.7 Å². The number of amides is 2. The highest BCUT2D eigenvalue weighted by Gasteiger charge is 2.26. The van der Waals surface area contributed by atoms with Gasteiger partial charge in [-0.05, 0) is 25.8 Å². The molecule has 0 aliphatic carbocycles. The number of aromatic nitrogens is 2. The molecule has 9 nitrogen and oxygen atoms in total. The number of ether oxygens (including phenoxy) is 2. The summed E-state index contributed by atoms with van der Waals surface area (Å²) >= 11 is 1.36. The zero-order chi connectivity index (χ0) is 21.7. The van der Waals surface area contributed by atoms with Gasteiger partial charge in [-0.3, -0.25) is 14.5 Å². The molecule has 3 heterocycles. The summed E-state index contributed by atoms with van der Waals surface area (Å²) in [5, 5.41) is 3.60. The lowest BCUT2D eigenvalue weighted by Gasteiger charge is -2.21. The number of rotatable bonds is 7. The van der Waals surface area contributed by atoms with E-state index in [1.807, 2.05) is 18.7 Å². The Bertz CT molecular complexity index is 916. The summed E-state index contributed by atoms with van der Waals surface area (Å²) in [7, 11) is 3.15. The molecule has 10 heteroatoms. The standard InChI is InChI=1S/C20H29N5O4S/c1-5-21-15(26)11-24-7-6-8-25(10-9-24)20(27)17-13(2)16-18(29-4)22-14(12-28-3)23-19(16)30-17/h5-12H2,1-4H3,(H,21,26). The van der Waals surface area contributed by atoms with E-state index in [9.17, 15) is 9.59 Å². The molecule has 2 aromatic rings. The van der Waals surface area contributed by atoms with E-state index < -0.39 is 0 Å². The lowest BCUT2D eigenvalue weighted by Crippen LogP contribution is -2.40. The number of hydrogen-bond acceptors (Lipinski definition) is 8. The predicted octanol–water partition coefficient (Wildman–Crippen LogP) is 1.44. The lowest BCUT2D eigenvalue weighted by atomic mass is 10.2. The minimum atomic E-state index is -0.00861. The Morgan fingerprint density at radius 3 is 2.67 bits per heavy atom. The first kappa shape index (κ1) is 22.4. The van der Waals surface area contributed by atoms with Gasteiger partial charge in [0, 0.05) is 39.8 Å². The first-order valence-corrected chi connectivity index (χ1v) is 10.9. The van der Waals surface area contributed by atoms with Gasteiger partial charge in [0.15, 0.2) is 5.82 Å². The molecular formula is C20H29N5O4S. The molecule has 0 spiro atoms. The van der Waals surface area contributed by atoms with Gasteiger partial charge >= 0.3 is 0 Å². The van der Waals surface area contributed by atoms with E-state index in [2.05, 4.69) is 20.2 Å². The fourth-order valence-corrected chi connectivity index (χ4v) is 4.78. The normalized spacial score (nSPS) is 15.3. The second-order valence-electron chi connectivity index (χ2n) is 7.19. The fourth-order valence-electron chi connectivity index (χ4n) is 3.62. The number of carbonyl (C=O) groups is 2. The van der Waals surface area contributed by atoms with E-state index in [0.29, 0.717) is 49.3 Å². The average molecular weight is 436 g/mol. The first-order chi connectivity index (χ1) is 14.5. The molecule has 0 saturated carbocycles. The highest BCUT2D eigenvalue weighted by atomic mass is 32.1.